The molecule has 1 heterocycles. The first-order valence-electron chi connectivity index (χ1n) is 6.05. The zero-order chi connectivity index (χ0) is 13.6. The van der Waals surface area contributed by atoms with Gasteiger partial charge in [-0.2, -0.15) is 0 Å². The summed E-state index contributed by atoms with van der Waals surface area (Å²) in [6, 6.07) is 10.9. The number of hydrogen-bond donors (Lipinski definition) is 0. The molecule has 2 aromatic carbocycles. The standard InChI is InChI=1S/C16H12O3/c1-9(17)11-6-7-13-14-5-3-4-12(10(2)18)16(14)19-15(13)8-11/h3-8H,1-2H3. The van der Waals surface area contributed by atoms with Crippen LogP contribution in [0.25, 0.3) is 21.9 Å². The van der Waals surface area contributed by atoms with E-state index < -0.39 is 0 Å². The fourth-order valence-electron chi connectivity index (χ4n) is 2.29. The number of carbonyl (C=O) groups excluding carboxylic acids is 2. The summed E-state index contributed by atoms with van der Waals surface area (Å²) < 4.78 is 5.76. The summed E-state index contributed by atoms with van der Waals surface area (Å²) in [5.74, 6) is -0.0365. The molecule has 3 heteroatoms. The first-order valence-corrected chi connectivity index (χ1v) is 6.05. The van der Waals surface area contributed by atoms with Gasteiger partial charge in [0.25, 0.3) is 0 Å². The zero-order valence-corrected chi connectivity index (χ0v) is 10.7. The van der Waals surface area contributed by atoms with Gasteiger partial charge >= 0.3 is 0 Å². The molecule has 19 heavy (non-hydrogen) atoms. The lowest BCUT2D eigenvalue weighted by molar-refractivity contribution is 0.100. The highest BCUT2D eigenvalue weighted by molar-refractivity contribution is 6.14. The minimum Gasteiger partial charge on any atom is -0.455 e. The van der Waals surface area contributed by atoms with Crippen molar-refractivity contribution in [3.8, 4) is 0 Å². The third-order valence-electron chi connectivity index (χ3n) is 3.28. The van der Waals surface area contributed by atoms with Crippen LogP contribution in [-0.2, 0) is 0 Å². The van der Waals surface area contributed by atoms with Crippen molar-refractivity contribution in [1.29, 1.82) is 0 Å². The molecular formula is C16H12O3. The molecule has 0 saturated carbocycles. The molecule has 94 valence electrons. The largest absolute Gasteiger partial charge is 0.455 e. The van der Waals surface area contributed by atoms with Gasteiger partial charge in [0, 0.05) is 16.3 Å². The van der Waals surface area contributed by atoms with E-state index in [0.717, 1.165) is 10.8 Å². The average molecular weight is 252 g/mol. The molecule has 0 atom stereocenters. The van der Waals surface area contributed by atoms with Crippen LogP contribution in [0.15, 0.2) is 40.8 Å². The highest BCUT2D eigenvalue weighted by Crippen LogP contribution is 2.31. The minimum atomic E-state index is -0.0311. The molecule has 0 saturated heterocycles. The molecule has 0 aliphatic heterocycles. The number of para-hydroxylation sites is 1. The molecule has 1 aromatic heterocycles. The van der Waals surface area contributed by atoms with Crippen molar-refractivity contribution in [3.05, 3.63) is 47.5 Å². The number of benzene rings is 2. The van der Waals surface area contributed by atoms with E-state index in [4.69, 9.17) is 4.42 Å². The monoisotopic (exact) mass is 252 g/mol. The molecule has 0 fully saturated rings. The summed E-state index contributed by atoms with van der Waals surface area (Å²) in [7, 11) is 0. The lowest BCUT2D eigenvalue weighted by Gasteiger charge is -1.95. The highest BCUT2D eigenvalue weighted by atomic mass is 16.3. The summed E-state index contributed by atoms with van der Waals surface area (Å²) in [5.41, 5.74) is 2.40. The maximum absolute atomic E-state index is 11.6. The quantitative estimate of drug-likeness (QED) is 0.648. The SMILES string of the molecule is CC(=O)c1ccc2c(c1)oc1c(C(C)=O)cccc12. The Balaban J connectivity index is 2.41. The van der Waals surface area contributed by atoms with Gasteiger partial charge < -0.3 is 4.42 Å². The molecular weight excluding hydrogens is 240 g/mol. The van der Waals surface area contributed by atoms with Gasteiger partial charge in [0.05, 0.1) is 5.56 Å². The van der Waals surface area contributed by atoms with Crippen LogP contribution in [0.5, 0.6) is 0 Å². The van der Waals surface area contributed by atoms with Gasteiger partial charge in [-0.25, -0.2) is 0 Å². The van der Waals surface area contributed by atoms with Crippen LogP contribution in [0.4, 0.5) is 0 Å². The third-order valence-corrected chi connectivity index (χ3v) is 3.28. The Hall–Kier alpha value is -2.42. The van der Waals surface area contributed by atoms with Gasteiger partial charge in [-0.15, -0.1) is 0 Å². The number of fused-ring (bicyclic) bond motifs is 3. The normalized spacial score (nSPS) is 11.1. The van der Waals surface area contributed by atoms with E-state index in [1.165, 1.54) is 13.8 Å². The predicted octanol–water partition coefficient (Wildman–Crippen LogP) is 3.99. The number of Topliss-reactive ketones (excluding diaryl/α,β-unsaturated/α-hetero) is 2. The number of carbonyl (C=O) groups is 2. The first kappa shape index (κ1) is 11.7. The summed E-state index contributed by atoms with van der Waals surface area (Å²) in [5, 5.41) is 1.82. The van der Waals surface area contributed by atoms with E-state index in [2.05, 4.69) is 0 Å². The van der Waals surface area contributed by atoms with E-state index in [9.17, 15) is 9.59 Å². The van der Waals surface area contributed by atoms with Crippen LogP contribution in [0, 0.1) is 0 Å². The highest BCUT2D eigenvalue weighted by Gasteiger charge is 2.13. The van der Waals surface area contributed by atoms with E-state index >= 15 is 0 Å². The second kappa shape index (κ2) is 4.05. The lowest BCUT2D eigenvalue weighted by Crippen LogP contribution is -1.91. The summed E-state index contributed by atoms with van der Waals surface area (Å²) in [4.78, 5) is 23.0. The Bertz CT molecular complexity index is 824. The predicted molar refractivity (Wildman–Crippen MR) is 73.7 cm³/mol. The molecule has 3 rings (SSSR count). The van der Waals surface area contributed by atoms with Crippen LogP contribution < -0.4 is 0 Å². The fourth-order valence-corrected chi connectivity index (χ4v) is 2.29. The maximum Gasteiger partial charge on any atom is 0.163 e. The Morgan fingerprint density at radius 2 is 1.74 bits per heavy atom. The van der Waals surface area contributed by atoms with Gasteiger partial charge in [0.15, 0.2) is 11.6 Å². The van der Waals surface area contributed by atoms with Crippen LogP contribution in [0.2, 0.25) is 0 Å². The van der Waals surface area contributed by atoms with Crippen LogP contribution >= 0.6 is 0 Å². The number of furan rings is 1. The lowest BCUT2D eigenvalue weighted by atomic mass is 10.1. The van der Waals surface area contributed by atoms with Crippen molar-refractivity contribution in [2.45, 2.75) is 13.8 Å². The third kappa shape index (κ3) is 1.74. The van der Waals surface area contributed by atoms with Crippen molar-refractivity contribution in [1.82, 2.24) is 0 Å². The zero-order valence-electron chi connectivity index (χ0n) is 10.7. The average Bonchev–Trinajstić information content (AvgIpc) is 2.75. The Morgan fingerprint density at radius 1 is 0.947 bits per heavy atom. The van der Waals surface area contributed by atoms with E-state index in [1.54, 1.807) is 18.2 Å². The van der Waals surface area contributed by atoms with Gasteiger partial charge in [-0.1, -0.05) is 18.2 Å². The van der Waals surface area contributed by atoms with Gasteiger partial charge in [0.2, 0.25) is 0 Å². The van der Waals surface area contributed by atoms with Crippen LogP contribution in [-0.4, -0.2) is 11.6 Å². The van der Waals surface area contributed by atoms with Crippen molar-refractivity contribution in [2.75, 3.05) is 0 Å². The number of rotatable bonds is 2. The second-order valence-corrected chi connectivity index (χ2v) is 4.61. The van der Waals surface area contributed by atoms with E-state index in [-0.39, 0.29) is 11.6 Å². The molecule has 0 unspecified atom stereocenters. The smallest absolute Gasteiger partial charge is 0.163 e. The molecule has 0 amide bonds. The maximum atomic E-state index is 11.6. The number of hydrogen-bond acceptors (Lipinski definition) is 3. The van der Waals surface area contributed by atoms with Crippen molar-refractivity contribution in [2.24, 2.45) is 0 Å². The van der Waals surface area contributed by atoms with Gasteiger partial charge in [-0.3, -0.25) is 9.59 Å². The Morgan fingerprint density at radius 3 is 2.42 bits per heavy atom. The summed E-state index contributed by atoms with van der Waals surface area (Å²) in [6.07, 6.45) is 0. The van der Waals surface area contributed by atoms with E-state index in [0.29, 0.717) is 22.3 Å². The molecule has 3 aromatic rings. The van der Waals surface area contributed by atoms with Crippen LogP contribution in [0.3, 0.4) is 0 Å². The summed E-state index contributed by atoms with van der Waals surface area (Å²) in [6.45, 7) is 3.04. The molecule has 0 spiro atoms. The first-order chi connectivity index (χ1) is 9.08. The summed E-state index contributed by atoms with van der Waals surface area (Å²) >= 11 is 0. The van der Waals surface area contributed by atoms with E-state index in [1.807, 2.05) is 18.2 Å². The Labute approximate surface area is 109 Å². The molecule has 0 bridgehead atoms. The second-order valence-electron chi connectivity index (χ2n) is 4.61. The topological polar surface area (TPSA) is 47.3 Å². The molecule has 0 radical (unpaired) electrons. The fraction of sp³-hybridized carbons (Fsp3) is 0.125. The molecule has 3 nitrogen and oxygen atoms in total. The molecule has 0 aliphatic rings. The van der Waals surface area contributed by atoms with Crippen molar-refractivity contribution < 1.29 is 14.0 Å². The van der Waals surface area contributed by atoms with Crippen molar-refractivity contribution >= 4 is 33.5 Å². The minimum absolute atomic E-state index is 0.00542. The number of ketones is 2. The molecule has 0 N–H and O–H groups in total. The van der Waals surface area contributed by atoms with Gasteiger partial charge in [0.1, 0.15) is 11.2 Å². The van der Waals surface area contributed by atoms with Gasteiger partial charge in [-0.05, 0) is 32.0 Å². The Kier molecular flexibility index (Phi) is 2.49. The molecule has 0 aliphatic carbocycles. The van der Waals surface area contributed by atoms with Crippen LogP contribution in [0.1, 0.15) is 34.6 Å². The van der Waals surface area contributed by atoms with Crippen molar-refractivity contribution in [3.63, 3.8) is 0 Å².